The summed E-state index contributed by atoms with van der Waals surface area (Å²) in [6, 6.07) is 9.99. The number of hydrogen-bond acceptors (Lipinski definition) is 2. The van der Waals surface area contributed by atoms with Gasteiger partial charge in [-0.25, -0.2) is 0 Å². The smallest absolute Gasteiger partial charge is 0.222 e. The van der Waals surface area contributed by atoms with Gasteiger partial charge in [0, 0.05) is 25.4 Å². The summed E-state index contributed by atoms with van der Waals surface area (Å²) in [6.07, 6.45) is 1.03. The first-order valence-corrected chi connectivity index (χ1v) is 6.16. The maximum atomic E-state index is 11.8. The topological polar surface area (TPSA) is 40.5 Å². The van der Waals surface area contributed by atoms with Gasteiger partial charge in [-0.1, -0.05) is 30.3 Å². The van der Waals surface area contributed by atoms with Crippen molar-refractivity contribution in [1.82, 2.24) is 4.90 Å². The van der Waals surface area contributed by atoms with Crippen LogP contribution in [0, 0.1) is 5.92 Å². The van der Waals surface area contributed by atoms with Crippen LogP contribution in [0.15, 0.2) is 30.3 Å². The number of aliphatic hydroxyl groups excluding tert-OH is 1. The average molecular weight is 233 g/mol. The van der Waals surface area contributed by atoms with Crippen molar-refractivity contribution >= 4 is 5.91 Å². The van der Waals surface area contributed by atoms with Gasteiger partial charge in [0.1, 0.15) is 0 Å². The van der Waals surface area contributed by atoms with E-state index in [1.807, 2.05) is 35.2 Å². The van der Waals surface area contributed by atoms with Crippen LogP contribution >= 0.6 is 0 Å². The third kappa shape index (κ3) is 3.07. The van der Waals surface area contributed by atoms with Crippen LogP contribution in [0.4, 0.5) is 0 Å². The SMILES string of the molecule is C[C@@H](O)[C@@H]1CCC(=O)N(Cc2ccccc2)C1. The van der Waals surface area contributed by atoms with Crippen LogP contribution in [-0.2, 0) is 11.3 Å². The second-order valence-electron chi connectivity index (χ2n) is 4.80. The number of hydrogen-bond donors (Lipinski definition) is 1. The normalized spacial score (nSPS) is 22.6. The van der Waals surface area contributed by atoms with Crippen LogP contribution in [0.1, 0.15) is 25.3 Å². The van der Waals surface area contributed by atoms with E-state index < -0.39 is 0 Å². The average Bonchev–Trinajstić information content (AvgIpc) is 2.33. The number of aliphatic hydroxyl groups is 1. The highest BCUT2D eigenvalue weighted by molar-refractivity contribution is 5.77. The minimum absolute atomic E-state index is 0.200. The Balaban J connectivity index is 2.01. The predicted octanol–water partition coefficient (Wildman–Crippen LogP) is 1.81. The van der Waals surface area contributed by atoms with Crippen molar-refractivity contribution in [3.05, 3.63) is 35.9 Å². The van der Waals surface area contributed by atoms with Crippen LogP contribution < -0.4 is 0 Å². The summed E-state index contributed by atoms with van der Waals surface area (Å²) >= 11 is 0. The lowest BCUT2D eigenvalue weighted by Gasteiger charge is -2.34. The molecule has 92 valence electrons. The van der Waals surface area contributed by atoms with Crippen molar-refractivity contribution in [2.45, 2.75) is 32.4 Å². The molecule has 1 saturated heterocycles. The molecule has 1 aromatic rings. The minimum atomic E-state index is -0.332. The molecule has 1 aromatic carbocycles. The maximum Gasteiger partial charge on any atom is 0.222 e. The van der Waals surface area contributed by atoms with Gasteiger partial charge in [0.05, 0.1) is 6.10 Å². The zero-order valence-electron chi connectivity index (χ0n) is 10.2. The third-order valence-corrected chi connectivity index (χ3v) is 3.44. The molecule has 0 bridgehead atoms. The molecule has 3 heteroatoms. The molecule has 2 atom stereocenters. The molecule has 1 aliphatic heterocycles. The molecular formula is C14H19NO2. The van der Waals surface area contributed by atoms with E-state index in [4.69, 9.17) is 0 Å². The van der Waals surface area contributed by atoms with Gasteiger partial charge in [0.15, 0.2) is 0 Å². The van der Waals surface area contributed by atoms with Gasteiger partial charge in [0.2, 0.25) is 5.91 Å². The molecule has 17 heavy (non-hydrogen) atoms. The summed E-state index contributed by atoms with van der Waals surface area (Å²) in [7, 11) is 0. The number of amides is 1. The monoisotopic (exact) mass is 233 g/mol. The van der Waals surface area contributed by atoms with Crippen molar-refractivity contribution in [2.24, 2.45) is 5.92 Å². The Bertz CT molecular complexity index is 375. The Labute approximate surface area is 102 Å². The van der Waals surface area contributed by atoms with E-state index in [0.29, 0.717) is 19.5 Å². The predicted molar refractivity (Wildman–Crippen MR) is 66.3 cm³/mol. The lowest BCUT2D eigenvalue weighted by Crippen LogP contribution is -2.42. The van der Waals surface area contributed by atoms with Gasteiger partial charge in [-0.3, -0.25) is 4.79 Å². The number of nitrogens with zero attached hydrogens (tertiary/aromatic N) is 1. The lowest BCUT2D eigenvalue weighted by molar-refractivity contribution is -0.136. The zero-order valence-corrected chi connectivity index (χ0v) is 10.2. The molecule has 0 saturated carbocycles. The summed E-state index contributed by atoms with van der Waals surface area (Å²) < 4.78 is 0. The van der Waals surface area contributed by atoms with E-state index in [2.05, 4.69) is 0 Å². The van der Waals surface area contributed by atoms with Crippen molar-refractivity contribution in [2.75, 3.05) is 6.54 Å². The highest BCUT2D eigenvalue weighted by Crippen LogP contribution is 2.22. The van der Waals surface area contributed by atoms with E-state index in [1.54, 1.807) is 6.92 Å². The van der Waals surface area contributed by atoms with Gasteiger partial charge in [0.25, 0.3) is 0 Å². The number of carbonyl (C=O) groups is 1. The molecule has 2 rings (SSSR count). The van der Waals surface area contributed by atoms with Crippen LogP contribution in [0.25, 0.3) is 0 Å². The largest absolute Gasteiger partial charge is 0.393 e. The van der Waals surface area contributed by atoms with E-state index in [9.17, 15) is 9.90 Å². The van der Waals surface area contributed by atoms with Gasteiger partial charge in [-0.15, -0.1) is 0 Å². The third-order valence-electron chi connectivity index (χ3n) is 3.44. The quantitative estimate of drug-likeness (QED) is 0.865. The first-order chi connectivity index (χ1) is 8.16. The van der Waals surface area contributed by atoms with E-state index in [0.717, 1.165) is 12.0 Å². The summed E-state index contributed by atoms with van der Waals surface area (Å²) in [4.78, 5) is 13.7. The first-order valence-electron chi connectivity index (χ1n) is 6.16. The Morgan fingerprint density at radius 1 is 1.41 bits per heavy atom. The second kappa shape index (κ2) is 5.32. The number of likely N-dealkylation sites (tertiary alicyclic amines) is 1. The van der Waals surface area contributed by atoms with Gasteiger partial charge in [-0.2, -0.15) is 0 Å². The second-order valence-corrected chi connectivity index (χ2v) is 4.80. The van der Waals surface area contributed by atoms with Crippen LogP contribution in [0.2, 0.25) is 0 Å². The molecule has 1 aliphatic rings. The maximum absolute atomic E-state index is 11.8. The highest BCUT2D eigenvalue weighted by atomic mass is 16.3. The summed E-state index contributed by atoms with van der Waals surface area (Å²) in [5, 5.41) is 9.61. The fourth-order valence-corrected chi connectivity index (χ4v) is 2.29. The minimum Gasteiger partial charge on any atom is -0.393 e. The molecule has 1 fully saturated rings. The standard InChI is InChI=1S/C14H19NO2/c1-11(16)13-7-8-14(17)15(10-13)9-12-5-3-2-4-6-12/h2-6,11,13,16H,7-10H2,1H3/t11-,13-/m1/s1. The van der Waals surface area contributed by atoms with Gasteiger partial charge < -0.3 is 10.0 Å². The molecule has 0 spiro atoms. The van der Waals surface area contributed by atoms with Crippen LogP contribution in [-0.4, -0.2) is 28.6 Å². The Hall–Kier alpha value is -1.35. The van der Waals surface area contributed by atoms with Crippen LogP contribution in [0.5, 0.6) is 0 Å². The molecule has 0 aromatic heterocycles. The molecule has 0 unspecified atom stereocenters. The Morgan fingerprint density at radius 3 is 2.76 bits per heavy atom. The van der Waals surface area contributed by atoms with Gasteiger partial charge in [-0.05, 0) is 18.9 Å². The molecule has 0 aliphatic carbocycles. The molecule has 1 heterocycles. The molecule has 1 amide bonds. The Kier molecular flexibility index (Phi) is 3.79. The zero-order chi connectivity index (χ0) is 12.3. The van der Waals surface area contributed by atoms with E-state index >= 15 is 0 Å². The summed E-state index contributed by atoms with van der Waals surface area (Å²) in [5.74, 6) is 0.419. The van der Waals surface area contributed by atoms with Crippen molar-refractivity contribution in [3.63, 3.8) is 0 Å². The number of benzene rings is 1. The van der Waals surface area contributed by atoms with Gasteiger partial charge >= 0.3 is 0 Å². The van der Waals surface area contributed by atoms with Crippen molar-refractivity contribution < 1.29 is 9.90 Å². The lowest BCUT2D eigenvalue weighted by atomic mass is 9.93. The Morgan fingerprint density at radius 2 is 2.12 bits per heavy atom. The molecular weight excluding hydrogens is 214 g/mol. The first kappa shape index (κ1) is 12.1. The number of rotatable bonds is 3. The van der Waals surface area contributed by atoms with Crippen LogP contribution in [0.3, 0.4) is 0 Å². The summed E-state index contributed by atoms with van der Waals surface area (Å²) in [5.41, 5.74) is 1.15. The van der Waals surface area contributed by atoms with E-state index in [-0.39, 0.29) is 17.9 Å². The molecule has 0 radical (unpaired) electrons. The number of piperidine rings is 1. The van der Waals surface area contributed by atoms with Crippen molar-refractivity contribution in [3.8, 4) is 0 Å². The molecule has 3 nitrogen and oxygen atoms in total. The highest BCUT2D eigenvalue weighted by Gasteiger charge is 2.28. The fraction of sp³-hybridized carbons (Fsp3) is 0.500. The summed E-state index contributed by atoms with van der Waals surface area (Å²) in [6.45, 7) is 3.13. The fourth-order valence-electron chi connectivity index (χ4n) is 2.29. The van der Waals surface area contributed by atoms with E-state index in [1.165, 1.54) is 0 Å². The number of carbonyl (C=O) groups excluding carboxylic acids is 1. The molecule has 1 N–H and O–H groups in total. The van der Waals surface area contributed by atoms with Crippen molar-refractivity contribution in [1.29, 1.82) is 0 Å².